The van der Waals surface area contributed by atoms with E-state index in [1.807, 2.05) is 0 Å². The largest absolute Gasteiger partial charge is 0.446 e. The van der Waals surface area contributed by atoms with Crippen molar-refractivity contribution in [2.75, 3.05) is 5.32 Å². The molecule has 6 nitrogen and oxygen atoms in total. The molecule has 1 amide bonds. The molecule has 0 bridgehead atoms. The second-order valence-electron chi connectivity index (χ2n) is 17.2. The highest BCUT2D eigenvalue weighted by molar-refractivity contribution is 7.89. The van der Waals surface area contributed by atoms with Crippen molar-refractivity contribution < 1.29 is 17.9 Å². The highest BCUT2D eigenvalue weighted by atomic mass is 32.2. The van der Waals surface area contributed by atoms with E-state index in [1.54, 1.807) is 24.3 Å². The lowest BCUT2D eigenvalue weighted by Crippen LogP contribution is -2.51. The summed E-state index contributed by atoms with van der Waals surface area (Å²) in [5.41, 5.74) is 2.77. The fourth-order valence-electron chi connectivity index (χ4n) is 11.3. The van der Waals surface area contributed by atoms with Gasteiger partial charge in [0.2, 0.25) is 10.0 Å². The van der Waals surface area contributed by atoms with E-state index < -0.39 is 16.1 Å². The molecule has 0 radical (unpaired) electrons. The van der Waals surface area contributed by atoms with Crippen LogP contribution in [-0.2, 0) is 14.8 Å². The van der Waals surface area contributed by atoms with Crippen LogP contribution in [0.1, 0.15) is 137 Å². The van der Waals surface area contributed by atoms with Crippen molar-refractivity contribution >= 4 is 21.8 Å². The minimum absolute atomic E-state index is 0.00973. The molecule has 2 N–H and O–H groups in total. The van der Waals surface area contributed by atoms with Crippen LogP contribution >= 0.6 is 0 Å². The van der Waals surface area contributed by atoms with Crippen LogP contribution in [0.2, 0.25) is 0 Å². The molecule has 5 aliphatic carbocycles. The van der Waals surface area contributed by atoms with Gasteiger partial charge in [-0.1, -0.05) is 84.8 Å². The quantitative estimate of drug-likeness (QED) is 0.243. The molecule has 0 spiro atoms. The number of nitrogens with one attached hydrogen (secondary N) is 2. The molecule has 1 aromatic carbocycles. The SMILES string of the molecule is CC(C)CCCC(C)C1CCC2C3CC=C4CC(OC(=O)Nc5ccc(S(=O)(=O)NC6CCCCC6)cc5)CCC4(C)C3CCC12C. The van der Waals surface area contributed by atoms with Gasteiger partial charge in [-0.05, 0) is 128 Å². The Morgan fingerprint density at radius 1 is 0.915 bits per heavy atom. The Bertz CT molecular complexity index is 1380. The zero-order valence-electron chi connectivity index (χ0n) is 29.9. The monoisotopic (exact) mass is 666 g/mol. The smallest absolute Gasteiger partial charge is 0.411 e. The summed E-state index contributed by atoms with van der Waals surface area (Å²) in [6, 6.07) is 6.43. The molecule has 0 aromatic heterocycles. The molecule has 4 saturated carbocycles. The van der Waals surface area contributed by atoms with Gasteiger partial charge in [0.05, 0.1) is 4.90 Å². The zero-order valence-corrected chi connectivity index (χ0v) is 30.7. The Hall–Kier alpha value is -1.86. The predicted octanol–water partition coefficient (Wildman–Crippen LogP) is 10.3. The fourth-order valence-corrected chi connectivity index (χ4v) is 12.6. The number of allylic oxidation sites excluding steroid dienone is 1. The number of ether oxygens (including phenoxy) is 1. The van der Waals surface area contributed by atoms with E-state index in [-0.39, 0.29) is 22.5 Å². The normalized spacial score (nSPS) is 34.9. The first-order valence-electron chi connectivity index (χ1n) is 19.2. The van der Waals surface area contributed by atoms with Crippen LogP contribution in [0.5, 0.6) is 0 Å². The Labute approximate surface area is 285 Å². The number of rotatable bonds is 10. The molecule has 8 atom stereocenters. The van der Waals surface area contributed by atoms with Crippen molar-refractivity contribution in [2.24, 2.45) is 46.3 Å². The number of benzene rings is 1. The third-order valence-corrected chi connectivity index (χ3v) is 15.4. The zero-order chi connectivity index (χ0) is 33.4. The Morgan fingerprint density at radius 2 is 1.66 bits per heavy atom. The summed E-state index contributed by atoms with van der Waals surface area (Å²) >= 11 is 0. The minimum Gasteiger partial charge on any atom is -0.446 e. The highest BCUT2D eigenvalue weighted by Crippen LogP contribution is 2.67. The molecule has 4 fully saturated rings. The molecular weight excluding hydrogens is 605 g/mol. The van der Waals surface area contributed by atoms with Crippen molar-refractivity contribution in [3.8, 4) is 0 Å². The molecule has 1 aromatic rings. The maximum absolute atomic E-state index is 13.0. The first kappa shape index (κ1) is 35.0. The number of hydrogen-bond donors (Lipinski definition) is 2. The summed E-state index contributed by atoms with van der Waals surface area (Å²) in [6.07, 6.45) is 20.7. The molecular formula is C40H62N2O4S. The number of anilines is 1. The van der Waals surface area contributed by atoms with E-state index in [0.717, 1.165) is 80.5 Å². The maximum atomic E-state index is 13.0. The summed E-state index contributed by atoms with van der Waals surface area (Å²) < 4.78 is 34.6. The van der Waals surface area contributed by atoms with Gasteiger partial charge in [-0.25, -0.2) is 17.9 Å². The van der Waals surface area contributed by atoms with Crippen LogP contribution in [0.4, 0.5) is 10.5 Å². The molecule has 7 heteroatoms. The molecule has 8 unspecified atom stereocenters. The summed E-state index contributed by atoms with van der Waals surface area (Å²) in [5.74, 6) is 4.90. The Balaban J connectivity index is 1.03. The number of hydrogen-bond acceptors (Lipinski definition) is 4. The van der Waals surface area contributed by atoms with Gasteiger partial charge in [0, 0.05) is 18.2 Å². The van der Waals surface area contributed by atoms with Crippen molar-refractivity contribution in [3.05, 3.63) is 35.9 Å². The molecule has 6 rings (SSSR count). The van der Waals surface area contributed by atoms with Crippen LogP contribution in [0.25, 0.3) is 0 Å². The summed E-state index contributed by atoms with van der Waals surface area (Å²) in [5, 5.41) is 2.84. The number of amides is 1. The van der Waals surface area contributed by atoms with Crippen molar-refractivity contribution in [1.29, 1.82) is 0 Å². The number of fused-ring (bicyclic) bond motifs is 5. The van der Waals surface area contributed by atoms with E-state index in [1.165, 1.54) is 63.4 Å². The lowest BCUT2D eigenvalue weighted by Gasteiger charge is -2.58. The first-order valence-corrected chi connectivity index (χ1v) is 20.7. The lowest BCUT2D eigenvalue weighted by molar-refractivity contribution is -0.0577. The second-order valence-corrected chi connectivity index (χ2v) is 18.9. The van der Waals surface area contributed by atoms with Crippen molar-refractivity contribution in [3.63, 3.8) is 0 Å². The first-order chi connectivity index (χ1) is 22.4. The molecule has 0 aliphatic heterocycles. The lowest BCUT2D eigenvalue weighted by atomic mass is 9.47. The summed E-state index contributed by atoms with van der Waals surface area (Å²) in [4.78, 5) is 13.2. The highest BCUT2D eigenvalue weighted by Gasteiger charge is 2.59. The molecule has 262 valence electrons. The molecule has 0 heterocycles. The van der Waals surface area contributed by atoms with Crippen LogP contribution in [0, 0.1) is 46.3 Å². The van der Waals surface area contributed by atoms with E-state index >= 15 is 0 Å². The van der Waals surface area contributed by atoms with Crippen LogP contribution in [0.15, 0.2) is 40.8 Å². The fraction of sp³-hybridized carbons (Fsp3) is 0.775. The van der Waals surface area contributed by atoms with Gasteiger partial charge in [0.15, 0.2) is 0 Å². The van der Waals surface area contributed by atoms with Crippen LogP contribution < -0.4 is 10.0 Å². The number of carbonyl (C=O) groups is 1. The molecule has 47 heavy (non-hydrogen) atoms. The summed E-state index contributed by atoms with van der Waals surface area (Å²) in [7, 11) is -3.58. The van der Waals surface area contributed by atoms with Crippen LogP contribution in [-0.4, -0.2) is 26.7 Å². The Kier molecular flexibility index (Phi) is 10.5. The number of sulfonamides is 1. The van der Waals surface area contributed by atoms with Gasteiger partial charge in [0.1, 0.15) is 6.10 Å². The minimum atomic E-state index is -3.58. The topological polar surface area (TPSA) is 84.5 Å². The predicted molar refractivity (Wildman–Crippen MR) is 191 cm³/mol. The third-order valence-electron chi connectivity index (χ3n) is 13.9. The van der Waals surface area contributed by atoms with Gasteiger partial charge in [-0.15, -0.1) is 0 Å². The van der Waals surface area contributed by atoms with Gasteiger partial charge in [0.25, 0.3) is 0 Å². The standard InChI is InChI=1S/C40H62N2O4S/c1-27(2)10-9-11-28(3)35-20-21-36-34-19-14-29-26-32(22-24-39(29,4)37(34)23-25-40(35,36)5)46-38(43)41-30-15-17-33(18-16-30)47(44,45)42-31-12-7-6-8-13-31/h14-18,27-28,31-32,34-37,42H,6-13,19-26H2,1-5H3,(H,41,43). The third kappa shape index (κ3) is 7.37. The van der Waals surface area contributed by atoms with E-state index in [0.29, 0.717) is 11.1 Å². The van der Waals surface area contributed by atoms with Gasteiger partial charge in [-0.3, -0.25) is 5.32 Å². The van der Waals surface area contributed by atoms with Gasteiger partial charge >= 0.3 is 6.09 Å². The van der Waals surface area contributed by atoms with E-state index in [2.05, 4.69) is 50.7 Å². The summed E-state index contributed by atoms with van der Waals surface area (Å²) in [6.45, 7) is 12.4. The number of carbonyl (C=O) groups excluding carboxylic acids is 1. The molecule has 5 aliphatic rings. The second kappa shape index (κ2) is 14.2. The average Bonchev–Trinajstić information content (AvgIpc) is 3.39. The van der Waals surface area contributed by atoms with E-state index in [4.69, 9.17) is 4.74 Å². The average molecular weight is 667 g/mol. The maximum Gasteiger partial charge on any atom is 0.411 e. The van der Waals surface area contributed by atoms with Crippen molar-refractivity contribution in [2.45, 2.75) is 154 Å². The van der Waals surface area contributed by atoms with E-state index in [9.17, 15) is 13.2 Å². The van der Waals surface area contributed by atoms with Crippen molar-refractivity contribution in [1.82, 2.24) is 4.72 Å². The van der Waals surface area contributed by atoms with Gasteiger partial charge in [-0.2, -0.15) is 0 Å². The Morgan fingerprint density at radius 3 is 2.38 bits per heavy atom. The molecule has 0 saturated heterocycles. The van der Waals surface area contributed by atoms with Crippen LogP contribution in [0.3, 0.4) is 0 Å². The van der Waals surface area contributed by atoms with Gasteiger partial charge < -0.3 is 4.74 Å².